The first-order valence-corrected chi connectivity index (χ1v) is 10.4. The van der Waals surface area contributed by atoms with Crippen molar-refractivity contribution in [3.8, 4) is 5.75 Å². The minimum atomic E-state index is -0.769. The van der Waals surface area contributed by atoms with Crippen LogP contribution in [0.15, 0.2) is 72.6 Å². The van der Waals surface area contributed by atoms with Crippen LogP contribution in [0.1, 0.15) is 28.3 Å². The molecule has 7 heteroatoms. The average molecular weight is 449 g/mol. The van der Waals surface area contributed by atoms with Crippen molar-refractivity contribution in [1.82, 2.24) is 9.88 Å². The monoisotopic (exact) mass is 448 g/mol. The number of carbonyl (C=O) groups is 2. The van der Waals surface area contributed by atoms with Crippen LogP contribution in [0.4, 0.5) is 0 Å². The molecule has 4 rings (SSSR count). The zero-order valence-electron chi connectivity index (χ0n) is 17.6. The van der Waals surface area contributed by atoms with Gasteiger partial charge in [-0.05, 0) is 60.0 Å². The van der Waals surface area contributed by atoms with Gasteiger partial charge in [0.2, 0.25) is 0 Å². The SMILES string of the molecule is COc1ccc(/C(O)=C2\C(=O)C(=O)N(Cc3cccnc3)[C@@H]2c2ccc(Cl)cc2)cc1C. The quantitative estimate of drug-likeness (QED) is 0.348. The first kappa shape index (κ1) is 21.6. The lowest BCUT2D eigenvalue weighted by Crippen LogP contribution is -2.29. The van der Waals surface area contributed by atoms with E-state index in [9.17, 15) is 14.7 Å². The Morgan fingerprint density at radius 3 is 2.53 bits per heavy atom. The number of rotatable bonds is 5. The summed E-state index contributed by atoms with van der Waals surface area (Å²) in [4.78, 5) is 31.7. The molecule has 1 atom stereocenters. The fourth-order valence-corrected chi connectivity index (χ4v) is 4.03. The molecule has 32 heavy (non-hydrogen) atoms. The number of hydrogen-bond acceptors (Lipinski definition) is 5. The number of methoxy groups -OCH3 is 1. The van der Waals surface area contributed by atoms with E-state index in [4.69, 9.17) is 16.3 Å². The standard InChI is InChI=1S/C25H21ClN2O4/c1-15-12-18(7-10-20(15)32-2)23(29)21-22(17-5-8-19(26)9-6-17)28(25(31)24(21)30)14-16-4-3-11-27-13-16/h3-13,22,29H,14H2,1-2H3/b23-21+/t22-/m1/s1. The number of aromatic nitrogens is 1. The number of likely N-dealkylation sites (tertiary alicyclic amines) is 1. The van der Waals surface area contributed by atoms with Gasteiger partial charge in [-0.15, -0.1) is 0 Å². The Bertz CT molecular complexity index is 1210. The van der Waals surface area contributed by atoms with Crippen molar-refractivity contribution < 1.29 is 19.4 Å². The van der Waals surface area contributed by atoms with Crippen molar-refractivity contribution in [2.24, 2.45) is 0 Å². The lowest BCUT2D eigenvalue weighted by molar-refractivity contribution is -0.140. The maximum absolute atomic E-state index is 13.1. The van der Waals surface area contributed by atoms with Crippen LogP contribution in [0, 0.1) is 6.92 Å². The largest absolute Gasteiger partial charge is 0.507 e. The number of halogens is 1. The summed E-state index contributed by atoms with van der Waals surface area (Å²) in [6.45, 7) is 2.01. The van der Waals surface area contributed by atoms with Crippen LogP contribution < -0.4 is 4.74 Å². The zero-order valence-corrected chi connectivity index (χ0v) is 18.3. The van der Waals surface area contributed by atoms with Gasteiger partial charge in [-0.3, -0.25) is 14.6 Å². The van der Waals surface area contributed by atoms with E-state index in [0.29, 0.717) is 21.9 Å². The van der Waals surface area contributed by atoms with E-state index in [-0.39, 0.29) is 17.9 Å². The van der Waals surface area contributed by atoms with Crippen LogP contribution in [-0.2, 0) is 16.1 Å². The molecule has 1 aromatic heterocycles. The fourth-order valence-electron chi connectivity index (χ4n) is 3.90. The molecular weight excluding hydrogens is 428 g/mol. The molecule has 2 aromatic carbocycles. The molecule has 0 saturated carbocycles. The number of ketones is 1. The maximum atomic E-state index is 13.1. The van der Waals surface area contributed by atoms with Crippen molar-refractivity contribution in [3.05, 3.63) is 99.8 Å². The predicted octanol–water partition coefficient (Wildman–Crippen LogP) is 4.67. The second-order valence-corrected chi connectivity index (χ2v) is 7.96. The number of amides is 1. The van der Waals surface area contributed by atoms with Gasteiger partial charge in [-0.1, -0.05) is 29.8 Å². The van der Waals surface area contributed by atoms with Crippen molar-refractivity contribution in [3.63, 3.8) is 0 Å². The molecule has 3 aromatic rings. The fraction of sp³-hybridized carbons (Fsp3) is 0.160. The lowest BCUT2D eigenvalue weighted by atomic mass is 9.94. The van der Waals surface area contributed by atoms with Gasteiger partial charge < -0.3 is 14.7 Å². The molecule has 0 bridgehead atoms. The highest BCUT2D eigenvalue weighted by atomic mass is 35.5. The molecular formula is C25H21ClN2O4. The first-order valence-electron chi connectivity index (χ1n) is 9.98. The average Bonchev–Trinajstić information content (AvgIpc) is 3.04. The van der Waals surface area contributed by atoms with Gasteiger partial charge in [-0.25, -0.2) is 0 Å². The van der Waals surface area contributed by atoms with E-state index >= 15 is 0 Å². The Balaban J connectivity index is 1.86. The summed E-state index contributed by atoms with van der Waals surface area (Å²) in [6.07, 6.45) is 3.28. The van der Waals surface area contributed by atoms with Crippen LogP contribution in [0.3, 0.4) is 0 Å². The Hall–Kier alpha value is -3.64. The summed E-state index contributed by atoms with van der Waals surface area (Å²) in [5.74, 6) is -0.990. The maximum Gasteiger partial charge on any atom is 0.295 e. The van der Waals surface area contributed by atoms with Gasteiger partial charge in [0.05, 0.1) is 18.7 Å². The number of hydrogen-bond donors (Lipinski definition) is 1. The molecule has 1 saturated heterocycles. The van der Waals surface area contributed by atoms with Gasteiger partial charge in [-0.2, -0.15) is 0 Å². The van der Waals surface area contributed by atoms with E-state index in [0.717, 1.165) is 11.1 Å². The molecule has 162 valence electrons. The third-order valence-electron chi connectivity index (χ3n) is 5.47. The molecule has 1 fully saturated rings. The minimum Gasteiger partial charge on any atom is -0.507 e. The van der Waals surface area contributed by atoms with Crippen LogP contribution >= 0.6 is 11.6 Å². The number of carbonyl (C=O) groups excluding carboxylic acids is 2. The molecule has 0 unspecified atom stereocenters. The van der Waals surface area contributed by atoms with E-state index in [2.05, 4.69) is 4.98 Å². The number of benzene rings is 2. The van der Waals surface area contributed by atoms with Gasteiger partial charge in [0.1, 0.15) is 11.5 Å². The Morgan fingerprint density at radius 1 is 1.16 bits per heavy atom. The highest BCUT2D eigenvalue weighted by Gasteiger charge is 2.46. The summed E-state index contributed by atoms with van der Waals surface area (Å²) in [5, 5.41) is 11.7. The third-order valence-corrected chi connectivity index (χ3v) is 5.72. The molecule has 0 radical (unpaired) electrons. The topological polar surface area (TPSA) is 79.7 Å². The predicted molar refractivity (Wildman–Crippen MR) is 121 cm³/mol. The van der Waals surface area contributed by atoms with Gasteiger partial charge in [0.25, 0.3) is 11.7 Å². The number of aliphatic hydroxyl groups is 1. The summed E-state index contributed by atoms with van der Waals surface area (Å²) < 4.78 is 5.28. The van der Waals surface area contributed by atoms with Gasteiger partial charge in [0.15, 0.2) is 0 Å². The Labute approximate surface area is 190 Å². The molecule has 6 nitrogen and oxygen atoms in total. The third kappa shape index (κ3) is 3.97. The highest BCUT2D eigenvalue weighted by molar-refractivity contribution is 6.46. The second kappa shape index (κ2) is 8.85. The molecule has 1 aliphatic rings. The Morgan fingerprint density at radius 2 is 1.91 bits per heavy atom. The molecule has 0 aliphatic carbocycles. The van der Waals surface area contributed by atoms with Gasteiger partial charge >= 0.3 is 0 Å². The number of nitrogens with zero attached hydrogens (tertiary/aromatic N) is 2. The van der Waals surface area contributed by atoms with Crippen LogP contribution in [0.2, 0.25) is 5.02 Å². The minimum absolute atomic E-state index is 0.0331. The molecule has 1 amide bonds. The number of pyridine rings is 1. The van der Waals surface area contributed by atoms with E-state index in [1.807, 2.05) is 13.0 Å². The smallest absolute Gasteiger partial charge is 0.295 e. The second-order valence-electron chi connectivity index (χ2n) is 7.52. The summed E-state index contributed by atoms with van der Waals surface area (Å²) in [7, 11) is 1.56. The highest BCUT2D eigenvalue weighted by Crippen LogP contribution is 2.40. The van der Waals surface area contributed by atoms with Crippen LogP contribution in [-0.4, -0.2) is 33.8 Å². The number of ether oxygens (including phenoxy) is 1. The normalized spacial score (nSPS) is 17.6. The molecule has 1 aliphatic heterocycles. The summed E-state index contributed by atoms with van der Waals surface area (Å²) in [5.41, 5.74) is 2.70. The Kier molecular flexibility index (Phi) is 5.97. The van der Waals surface area contributed by atoms with E-state index in [1.165, 1.54) is 4.90 Å². The van der Waals surface area contributed by atoms with Crippen molar-refractivity contribution in [2.45, 2.75) is 19.5 Å². The van der Waals surface area contributed by atoms with Crippen LogP contribution in [0.5, 0.6) is 5.75 Å². The molecule has 0 spiro atoms. The number of aryl methyl sites for hydroxylation is 1. The first-order chi connectivity index (χ1) is 15.4. The summed E-state index contributed by atoms with van der Waals surface area (Å²) >= 11 is 6.05. The van der Waals surface area contributed by atoms with Gasteiger partial charge in [0, 0.05) is 29.5 Å². The summed E-state index contributed by atoms with van der Waals surface area (Å²) in [6, 6.07) is 14.8. The number of aliphatic hydroxyl groups excluding tert-OH is 1. The molecule has 2 heterocycles. The molecule has 1 N–H and O–H groups in total. The number of Topliss-reactive ketones (excluding diaryl/α,β-unsaturated/α-hetero) is 1. The lowest BCUT2D eigenvalue weighted by Gasteiger charge is -2.25. The van der Waals surface area contributed by atoms with Crippen LogP contribution in [0.25, 0.3) is 5.76 Å². The van der Waals surface area contributed by atoms with E-state index in [1.54, 1.807) is 68.0 Å². The zero-order chi connectivity index (χ0) is 22.8. The van der Waals surface area contributed by atoms with Crippen molar-refractivity contribution >= 4 is 29.1 Å². The van der Waals surface area contributed by atoms with Crippen molar-refractivity contribution in [1.29, 1.82) is 0 Å². The van der Waals surface area contributed by atoms with Crippen molar-refractivity contribution in [2.75, 3.05) is 7.11 Å². The van der Waals surface area contributed by atoms with E-state index < -0.39 is 17.7 Å².